The molecule has 4 heteroatoms. The van der Waals surface area contributed by atoms with Gasteiger partial charge in [-0.2, -0.15) is 4.37 Å². The fraction of sp³-hybridized carbons (Fsp3) is 0.375. The number of nitrogens with one attached hydrogen (secondary N) is 1. The lowest BCUT2D eigenvalue weighted by atomic mass is 9.88. The number of carbonyl (C=O) groups is 1. The molecule has 2 aromatic rings. The van der Waals surface area contributed by atoms with Crippen LogP contribution in [0, 0.1) is 6.92 Å². The fourth-order valence-electron chi connectivity index (χ4n) is 2.89. The lowest BCUT2D eigenvalue weighted by Crippen LogP contribution is -2.27. The summed E-state index contributed by atoms with van der Waals surface area (Å²) in [4.78, 5) is 11.7. The Morgan fingerprint density at radius 2 is 2.10 bits per heavy atom. The first kappa shape index (κ1) is 13.3. The van der Waals surface area contributed by atoms with Gasteiger partial charge < -0.3 is 5.32 Å². The summed E-state index contributed by atoms with van der Waals surface area (Å²) in [5, 5.41) is 4.46. The first-order valence-corrected chi connectivity index (χ1v) is 7.73. The van der Waals surface area contributed by atoms with E-state index in [0.717, 1.165) is 35.5 Å². The number of ketones is 1. The minimum absolute atomic E-state index is 0.0926. The van der Waals surface area contributed by atoms with Crippen molar-refractivity contribution in [3.8, 4) is 0 Å². The van der Waals surface area contributed by atoms with Crippen LogP contribution in [-0.2, 0) is 12.8 Å². The molecule has 0 aliphatic heterocycles. The second-order valence-electron chi connectivity index (χ2n) is 5.38. The maximum atomic E-state index is 11.7. The van der Waals surface area contributed by atoms with Crippen molar-refractivity contribution >= 4 is 22.3 Å². The summed E-state index contributed by atoms with van der Waals surface area (Å²) in [6, 6.07) is 9.01. The largest absolute Gasteiger partial charge is 0.372 e. The molecule has 1 aromatic heterocycles. The SMILES string of the molecule is CC(=O)c1c(C)nsc1NC1CCc2ccccc2C1. The van der Waals surface area contributed by atoms with Gasteiger partial charge >= 0.3 is 0 Å². The Labute approximate surface area is 123 Å². The number of anilines is 1. The lowest BCUT2D eigenvalue weighted by Gasteiger charge is -2.25. The number of carbonyl (C=O) groups excluding carboxylic acids is 1. The molecule has 0 bridgehead atoms. The highest BCUT2D eigenvalue weighted by molar-refractivity contribution is 7.10. The smallest absolute Gasteiger partial charge is 0.164 e. The van der Waals surface area contributed by atoms with E-state index in [1.807, 2.05) is 6.92 Å². The van der Waals surface area contributed by atoms with Crippen LogP contribution in [0.4, 0.5) is 5.00 Å². The predicted octanol–water partition coefficient (Wildman–Crippen LogP) is 3.62. The summed E-state index contributed by atoms with van der Waals surface area (Å²) in [5.74, 6) is 0.0926. The van der Waals surface area contributed by atoms with Crippen molar-refractivity contribution < 1.29 is 4.79 Å². The molecule has 3 rings (SSSR count). The topological polar surface area (TPSA) is 42.0 Å². The van der Waals surface area contributed by atoms with Gasteiger partial charge in [-0.3, -0.25) is 4.79 Å². The Kier molecular flexibility index (Phi) is 3.57. The highest BCUT2D eigenvalue weighted by Gasteiger charge is 2.21. The average molecular weight is 286 g/mol. The zero-order valence-corrected chi connectivity index (χ0v) is 12.6. The fourth-order valence-corrected chi connectivity index (χ4v) is 3.81. The number of rotatable bonds is 3. The molecular weight excluding hydrogens is 268 g/mol. The number of aromatic nitrogens is 1. The lowest BCUT2D eigenvalue weighted by molar-refractivity contribution is 0.101. The van der Waals surface area contributed by atoms with Crippen LogP contribution in [0.1, 0.15) is 40.5 Å². The Morgan fingerprint density at radius 1 is 1.35 bits per heavy atom. The molecule has 0 radical (unpaired) electrons. The molecule has 0 spiro atoms. The third kappa shape index (κ3) is 2.48. The number of Topliss-reactive ketones (excluding diaryl/α,β-unsaturated/α-hetero) is 1. The average Bonchev–Trinajstić information content (AvgIpc) is 2.79. The molecule has 104 valence electrons. The summed E-state index contributed by atoms with van der Waals surface area (Å²) in [6.45, 7) is 3.51. The maximum Gasteiger partial charge on any atom is 0.164 e. The van der Waals surface area contributed by atoms with Gasteiger partial charge in [0.25, 0.3) is 0 Å². The number of hydrogen-bond acceptors (Lipinski definition) is 4. The first-order chi connectivity index (χ1) is 9.65. The van der Waals surface area contributed by atoms with Gasteiger partial charge in [0, 0.05) is 6.04 Å². The van der Waals surface area contributed by atoms with E-state index in [2.05, 4.69) is 34.0 Å². The molecule has 1 aromatic carbocycles. The molecule has 3 nitrogen and oxygen atoms in total. The number of hydrogen-bond donors (Lipinski definition) is 1. The summed E-state index contributed by atoms with van der Waals surface area (Å²) in [6.07, 6.45) is 3.22. The molecular formula is C16H18N2OS. The van der Waals surface area contributed by atoms with E-state index in [1.54, 1.807) is 6.92 Å². The summed E-state index contributed by atoms with van der Waals surface area (Å²) in [7, 11) is 0. The summed E-state index contributed by atoms with van der Waals surface area (Å²) in [5.41, 5.74) is 4.47. The highest BCUT2D eigenvalue weighted by atomic mass is 32.1. The molecule has 0 saturated carbocycles. The molecule has 1 heterocycles. The summed E-state index contributed by atoms with van der Waals surface area (Å²) >= 11 is 1.40. The normalized spacial score (nSPS) is 17.6. The van der Waals surface area contributed by atoms with Crippen LogP contribution in [0.15, 0.2) is 24.3 Å². The molecule has 1 aliphatic carbocycles. The van der Waals surface area contributed by atoms with Gasteiger partial charge in [-0.05, 0) is 55.8 Å². The van der Waals surface area contributed by atoms with Crippen molar-refractivity contribution in [3.05, 3.63) is 46.6 Å². The van der Waals surface area contributed by atoms with Crippen LogP contribution in [0.5, 0.6) is 0 Å². The van der Waals surface area contributed by atoms with Crippen molar-refractivity contribution in [2.45, 2.75) is 39.2 Å². The van der Waals surface area contributed by atoms with Crippen molar-refractivity contribution in [3.63, 3.8) is 0 Å². The Bertz CT molecular complexity index is 648. The molecule has 1 unspecified atom stereocenters. The standard InChI is InChI=1S/C16H18N2OS/c1-10-15(11(2)19)16(20-18-10)17-14-8-7-12-5-3-4-6-13(12)9-14/h3-6,14,17H,7-9H2,1-2H3. The van der Waals surface area contributed by atoms with Gasteiger partial charge in [0.15, 0.2) is 5.78 Å². The second-order valence-corrected chi connectivity index (χ2v) is 6.15. The van der Waals surface area contributed by atoms with E-state index < -0.39 is 0 Å². The van der Waals surface area contributed by atoms with Crippen LogP contribution in [0.25, 0.3) is 0 Å². The van der Waals surface area contributed by atoms with E-state index in [0.29, 0.717) is 6.04 Å². The van der Waals surface area contributed by atoms with Crippen LogP contribution in [0.2, 0.25) is 0 Å². The Hall–Kier alpha value is -1.68. The van der Waals surface area contributed by atoms with Crippen molar-refractivity contribution in [1.29, 1.82) is 0 Å². The highest BCUT2D eigenvalue weighted by Crippen LogP contribution is 2.29. The second kappa shape index (κ2) is 5.37. The zero-order chi connectivity index (χ0) is 14.1. The van der Waals surface area contributed by atoms with Crippen molar-refractivity contribution in [2.24, 2.45) is 0 Å². The van der Waals surface area contributed by atoms with Gasteiger partial charge in [-0.15, -0.1) is 0 Å². The number of nitrogens with zero attached hydrogens (tertiary/aromatic N) is 1. The van der Waals surface area contributed by atoms with Crippen LogP contribution in [0.3, 0.4) is 0 Å². The van der Waals surface area contributed by atoms with Crippen LogP contribution in [-0.4, -0.2) is 16.2 Å². The van der Waals surface area contributed by atoms with Gasteiger partial charge in [0.05, 0.1) is 11.3 Å². The van der Waals surface area contributed by atoms with E-state index in [9.17, 15) is 4.79 Å². The van der Waals surface area contributed by atoms with E-state index in [4.69, 9.17) is 0 Å². The molecule has 0 fully saturated rings. The molecule has 20 heavy (non-hydrogen) atoms. The number of aryl methyl sites for hydroxylation is 2. The Morgan fingerprint density at radius 3 is 2.85 bits per heavy atom. The van der Waals surface area contributed by atoms with E-state index >= 15 is 0 Å². The zero-order valence-electron chi connectivity index (χ0n) is 11.8. The summed E-state index contributed by atoms with van der Waals surface area (Å²) < 4.78 is 4.31. The monoisotopic (exact) mass is 286 g/mol. The molecule has 0 amide bonds. The van der Waals surface area contributed by atoms with E-state index in [1.165, 1.54) is 22.7 Å². The minimum atomic E-state index is 0.0926. The van der Waals surface area contributed by atoms with Gasteiger partial charge in [0.1, 0.15) is 5.00 Å². The minimum Gasteiger partial charge on any atom is -0.372 e. The quantitative estimate of drug-likeness (QED) is 0.876. The number of benzene rings is 1. The van der Waals surface area contributed by atoms with Crippen LogP contribution < -0.4 is 5.32 Å². The maximum absolute atomic E-state index is 11.7. The van der Waals surface area contributed by atoms with E-state index in [-0.39, 0.29) is 5.78 Å². The predicted molar refractivity (Wildman–Crippen MR) is 82.7 cm³/mol. The molecule has 1 aliphatic rings. The van der Waals surface area contributed by atoms with Gasteiger partial charge in [-0.1, -0.05) is 24.3 Å². The third-order valence-electron chi connectivity index (χ3n) is 3.90. The molecule has 0 saturated heterocycles. The molecule has 1 N–H and O–H groups in total. The first-order valence-electron chi connectivity index (χ1n) is 6.95. The van der Waals surface area contributed by atoms with Crippen LogP contribution >= 0.6 is 11.5 Å². The van der Waals surface area contributed by atoms with Crippen molar-refractivity contribution in [2.75, 3.05) is 5.32 Å². The van der Waals surface area contributed by atoms with Gasteiger partial charge in [-0.25, -0.2) is 0 Å². The molecule has 1 atom stereocenters. The third-order valence-corrected chi connectivity index (χ3v) is 4.77. The Balaban J connectivity index is 1.79. The number of fused-ring (bicyclic) bond motifs is 1. The van der Waals surface area contributed by atoms with Crippen molar-refractivity contribution in [1.82, 2.24) is 4.37 Å². The van der Waals surface area contributed by atoms with Gasteiger partial charge in [0.2, 0.25) is 0 Å².